The fourth-order valence-electron chi connectivity index (χ4n) is 1.92. The molecule has 0 aliphatic carbocycles. The monoisotopic (exact) mass is 284 g/mol. The number of hydrogen-bond donors (Lipinski definition) is 0. The van der Waals surface area contributed by atoms with Crippen LogP contribution in [0.2, 0.25) is 0 Å². The van der Waals surface area contributed by atoms with Gasteiger partial charge in [-0.05, 0) is 19.3 Å². The van der Waals surface area contributed by atoms with Crippen LogP contribution in [-0.4, -0.2) is 39.2 Å². The Hall–Kier alpha value is 0.1000. The van der Waals surface area contributed by atoms with Crippen LogP contribution in [0.1, 0.15) is 33.1 Å². The Bertz CT molecular complexity index is 368. The van der Waals surface area contributed by atoms with E-state index in [1.54, 1.807) is 0 Å². The predicted molar refractivity (Wildman–Crippen MR) is 67.2 cm³/mol. The zero-order valence-electron chi connectivity index (χ0n) is 10.4. The predicted octanol–water partition coefficient (Wildman–Crippen LogP) is 2.22. The maximum atomic E-state index is 12.4. The molecule has 1 fully saturated rings. The molecule has 1 atom stereocenters. The molecule has 1 aliphatic rings. The van der Waals surface area contributed by atoms with E-state index in [1.807, 2.05) is 13.8 Å². The average Bonchev–Trinajstić information content (AvgIpc) is 2.15. The first-order valence-corrected chi connectivity index (χ1v) is 9.61. The first-order chi connectivity index (χ1) is 7.91. The topological polar surface area (TPSA) is 69.7 Å². The van der Waals surface area contributed by atoms with Gasteiger partial charge in [-0.2, -0.15) is 8.42 Å². The van der Waals surface area contributed by atoms with E-state index in [2.05, 4.69) is 4.18 Å². The Morgan fingerprint density at radius 2 is 1.88 bits per heavy atom. The summed E-state index contributed by atoms with van der Waals surface area (Å²) in [5.41, 5.74) is 0. The van der Waals surface area contributed by atoms with E-state index in [4.69, 9.17) is 4.52 Å². The molecule has 7 heteroatoms. The average molecular weight is 284 g/mol. The van der Waals surface area contributed by atoms with Gasteiger partial charge in [-0.3, -0.25) is 8.75 Å². The van der Waals surface area contributed by atoms with Crippen LogP contribution in [0.4, 0.5) is 0 Å². The lowest BCUT2D eigenvalue weighted by Crippen LogP contribution is -2.32. The van der Waals surface area contributed by atoms with Gasteiger partial charge < -0.3 is 4.52 Å². The summed E-state index contributed by atoms with van der Waals surface area (Å²) in [6.07, 6.45) is 2.64. The lowest BCUT2D eigenvalue weighted by molar-refractivity contribution is 0.159. The van der Waals surface area contributed by atoms with Gasteiger partial charge >= 0.3 is 0 Å². The highest BCUT2D eigenvalue weighted by Gasteiger charge is 2.32. The molecule has 1 saturated heterocycles. The van der Waals surface area contributed by atoms with Crippen LogP contribution in [0.5, 0.6) is 0 Å². The van der Waals surface area contributed by atoms with Crippen molar-refractivity contribution in [1.82, 2.24) is 0 Å². The minimum absolute atomic E-state index is 0.130. The fourth-order valence-corrected chi connectivity index (χ4v) is 5.68. The van der Waals surface area contributed by atoms with Crippen molar-refractivity contribution in [2.45, 2.75) is 39.2 Å². The molecule has 0 aromatic rings. The molecule has 102 valence electrons. The quantitative estimate of drug-likeness (QED) is 0.552. The van der Waals surface area contributed by atoms with E-state index in [-0.39, 0.29) is 12.4 Å². The second-order valence-electron chi connectivity index (χ2n) is 4.32. The van der Waals surface area contributed by atoms with Crippen molar-refractivity contribution in [2.24, 2.45) is 0 Å². The molecule has 0 radical (unpaired) electrons. The summed E-state index contributed by atoms with van der Waals surface area (Å²) in [6.45, 7) is 4.03. The van der Waals surface area contributed by atoms with Crippen LogP contribution < -0.4 is 0 Å². The van der Waals surface area contributed by atoms with Crippen LogP contribution in [0.3, 0.4) is 0 Å². The third-order valence-corrected chi connectivity index (χ3v) is 6.81. The van der Waals surface area contributed by atoms with Gasteiger partial charge in [0, 0.05) is 12.3 Å². The van der Waals surface area contributed by atoms with Crippen LogP contribution in [0.15, 0.2) is 0 Å². The van der Waals surface area contributed by atoms with Gasteiger partial charge in [0.25, 0.3) is 10.1 Å². The van der Waals surface area contributed by atoms with Gasteiger partial charge in [0.05, 0.1) is 12.7 Å². The maximum Gasteiger partial charge on any atom is 0.269 e. The van der Waals surface area contributed by atoms with Crippen molar-refractivity contribution in [2.75, 3.05) is 24.7 Å². The highest BCUT2D eigenvalue weighted by atomic mass is 32.2. The van der Waals surface area contributed by atoms with Gasteiger partial charge in [0.15, 0.2) is 0 Å². The molecule has 0 aromatic carbocycles. The van der Waals surface area contributed by atoms with Gasteiger partial charge in [-0.25, -0.2) is 0 Å². The van der Waals surface area contributed by atoms with E-state index in [0.29, 0.717) is 18.7 Å². The minimum Gasteiger partial charge on any atom is -0.324 e. The summed E-state index contributed by atoms with van der Waals surface area (Å²) in [5.74, 6) is -0.176. The summed E-state index contributed by atoms with van der Waals surface area (Å²) >= 11 is 0. The highest BCUT2D eigenvalue weighted by molar-refractivity contribution is 7.86. The van der Waals surface area contributed by atoms with E-state index in [0.717, 1.165) is 12.8 Å². The van der Waals surface area contributed by atoms with Crippen LogP contribution in [-0.2, 0) is 23.4 Å². The molecule has 5 nitrogen and oxygen atoms in total. The van der Waals surface area contributed by atoms with Gasteiger partial charge in [-0.15, -0.1) is 0 Å². The maximum absolute atomic E-state index is 12.4. The fraction of sp³-hybridized carbons (Fsp3) is 1.00. The molecule has 0 amide bonds. The molecule has 17 heavy (non-hydrogen) atoms. The van der Waals surface area contributed by atoms with Gasteiger partial charge in [0.2, 0.25) is 7.37 Å². The van der Waals surface area contributed by atoms with Crippen molar-refractivity contribution >= 4 is 17.5 Å². The zero-order valence-corrected chi connectivity index (χ0v) is 12.1. The summed E-state index contributed by atoms with van der Waals surface area (Å²) in [6, 6.07) is 0. The number of rotatable bonds is 6. The second-order valence-corrected chi connectivity index (χ2v) is 8.74. The Morgan fingerprint density at radius 3 is 2.35 bits per heavy atom. The van der Waals surface area contributed by atoms with Crippen molar-refractivity contribution in [3.8, 4) is 0 Å². The normalized spacial score (nSPS) is 24.7. The Morgan fingerprint density at radius 1 is 1.29 bits per heavy atom. The standard InChI is InChI=1S/C10H21O5PS/c1-3-7-16(11,8-4-2)15-10-5-6-14-17(12,13)9-10/h10H,3-9H2,1-2H3. The van der Waals surface area contributed by atoms with Crippen molar-refractivity contribution in [3.63, 3.8) is 0 Å². The molecule has 1 heterocycles. The molecule has 1 unspecified atom stereocenters. The van der Waals surface area contributed by atoms with E-state index in [1.165, 1.54) is 0 Å². The van der Waals surface area contributed by atoms with E-state index < -0.39 is 23.6 Å². The smallest absolute Gasteiger partial charge is 0.269 e. The van der Waals surface area contributed by atoms with E-state index in [9.17, 15) is 13.0 Å². The lowest BCUT2D eigenvalue weighted by atomic mass is 10.3. The van der Waals surface area contributed by atoms with Crippen LogP contribution >= 0.6 is 7.37 Å². The van der Waals surface area contributed by atoms with E-state index >= 15 is 0 Å². The molecule has 0 saturated carbocycles. The first-order valence-electron chi connectivity index (χ1n) is 6.04. The Kier molecular flexibility index (Phi) is 5.64. The largest absolute Gasteiger partial charge is 0.324 e. The summed E-state index contributed by atoms with van der Waals surface area (Å²) in [5, 5.41) is 0. The molecule has 0 bridgehead atoms. The summed E-state index contributed by atoms with van der Waals surface area (Å²) in [7, 11) is -6.14. The summed E-state index contributed by atoms with van der Waals surface area (Å²) < 4.78 is 45.2. The Balaban J connectivity index is 2.64. The second kappa shape index (κ2) is 6.32. The third kappa shape index (κ3) is 5.08. The lowest BCUT2D eigenvalue weighted by Gasteiger charge is -2.27. The third-order valence-electron chi connectivity index (χ3n) is 2.56. The van der Waals surface area contributed by atoms with Crippen LogP contribution in [0.25, 0.3) is 0 Å². The van der Waals surface area contributed by atoms with Crippen molar-refractivity contribution in [3.05, 3.63) is 0 Å². The molecule has 1 rings (SSSR count). The zero-order chi connectivity index (χ0) is 12.9. The minimum atomic E-state index is -3.48. The molecule has 0 spiro atoms. The number of hydrogen-bond acceptors (Lipinski definition) is 5. The van der Waals surface area contributed by atoms with Crippen molar-refractivity contribution < 1.29 is 21.7 Å². The molecule has 1 aliphatic heterocycles. The molecular weight excluding hydrogens is 263 g/mol. The Labute approximate surface area is 103 Å². The SMILES string of the molecule is CCCP(=O)(CCC)OC1CCOS(=O)(=O)C1. The molecular formula is C10H21O5PS. The summed E-state index contributed by atoms with van der Waals surface area (Å²) in [4.78, 5) is 0. The molecule has 0 N–H and O–H groups in total. The molecule has 0 aromatic heterocycles. The van der Waals surface area contributed by atoms with Crippen molar-refractivity contribution in [1.29, 1.82) is 0 Å². The highest BCUT2D eigenvalue weighted by Crippen LogP contribution is 2.49. The van der Waals surface area contributed by atoms with Gasteiger partial charge in [-0.1, -0.05) is 13.8 Å². The van der Waals surface area contributed by atoms with Gasteiger partial charge in [0.1, 0.15) is 5.75 Å². The first kappa shape index (κ1) is 15.2. The van der Waals surface area contributed by atoms with Crippen LogP contribution in [0, 0.1) is 0 Å².